The first-order valence-electron chi connectivity index (χ1n) is 8.09. The van der Waals surface area contributed by atoms with Gasteiger partial charge in [-0.15, -0.1) is 0 Å². The van der Waals surface area contributed by atoms with Crippen LogP contribution in [0.5, 0.6) is 0 Å². The quantitative estimate of drug-likeness (QED) is 0.198. The molecule has 2 aromatic carbocycles. The summed E-state index contributed by atoms with van der Waals surface area (Å²) in [5.41, 5.74) is 2.15. The Bertz CT molecular complexity index is 953. The Morgan fingerprint density at radius 1 is 1.10 bits per heavy atom. The highest BCUT2D eigenvalue weighted by atomic mass is 35.5. The van der Waals surface area contributed by atoms with Gasteiger partial charge >= 0.3 is 6.03 Å². The molecule has 0 heterocycles. The molecule has 0 spiro atoms. The van der Waals surface area contributed by atoms with Gasteiger partial charge in [-0.3, -0.25) is 9.10 Å². The van der Waals surface area contributed by atoms with Gasteiger partial charge in [0.25, 0.3) is 5.91 Å². The lowest BCUT2D eigenvalue weighted by Crippen LogP contribution is -2.37. The van der Waals surface area contributed by atoms with Crippen LogP contribution in [0.2, 0.25) is 10.0 Å². The maximum Gasteiger partial charge on any atom is 0.329 e. The Hall–Kier alpha value is -1.91. The summed E-state index contributed by atoms with van der Waals surface area (Å²) in [6.07, 6.45) is 0. The summed E-state index contributed by atoms with van der Waals surface area (Å²) in [5, 5.41) is 3.11. The lowest BCUT2D eigenvalue weighted by molar-refractivity contribution is -0.341. The highest BCUT2D eigenvalue weighted by molar-refractivity contribution is 8.10. The number of aliphatic imine (C=N–C) groups is 1. The number of nitrogens with one attached hydrogen (secondary N) is 1. The second kappa shape index (κ2) is 11.5. The molecule has 2 aromatic rings. The number of urea groups is 1. The van der Waals surface area contributed by atoms with Gasteiger partial charge in [-0.25, -0.2) is 9.79 Å². The molecule has 0 aliphatic carbocycles. The van der Waals surface area contributed by atoms with Gasteiger partial charge in [-0.1, -0.05) is 35.3 Å². The van der Waals surface area contributed by atoms with Gasteiger partial charge in [0.05, 0.1) is 19.9 Å². The molecule has 1 N–H and O–H groups in total. The minimum absolute atomic E-state index is 0.0568. The van der Waals surface area contributed by atoms with Crippen LogP contribution in [0.15, 0.2) is 53.5 Å². The highest BCUT2D eigenvalue weighted by Gasteiger charge is 2.15. The number of nitrogens with zero attached hydrogens (tertiary/aromatic N) is 2. The molecule has 0 saturated carbocycles. The van der Waals surface area contributed by atoms with Gasteiger partial charge in [0, 0.05) is 27.6 Å². The molecule has 3 amide bonds. The second-order valence-corrected chi connectivity index (χ2v) is 8.41. The third-order valence-corrected chi connectivity index (χ3v) is 5.05. The molecule has 9 nitrogen and oxygen atoms in total. The first-order valence-corrected chi connectivity index (χ1v) is 11.1. The zero-order valence-corrected chi connectivity index (χ0v) is 18.3. The van der Waals surface area contributed by atoms with Crippen molar-refractivity contribution >= 4 is 60.5 Å². The van der Waals surface area contributed by atoms with Gasteiger partial charge in [-0.2, -0.15) is 0 Å². The minimum Gasteiger partial charge on any atom is -0.790 e. The summed E-state index contributed by atoms with van der Waals surface area (Å²) in [5.74, 6) is -0.548. The Kier molecular flexibility index (Phi) is 9.32. The number of amides is 3. The lowest BCUT2D eigenvalue weighted by atomic mass is 10.2. The van der Waals surface area contributed by atoms with Crippen LogP contribution in [-0.2, 0) is 15.6 Å². The van der Waals surface area contributed by atoms with Gasteiger partial charge in [0.15, 0.2) is 0 Å². The molecule has 0 aromatic heterocycles. The highest BCUT2D eigenvalue weighted by Crippen LogP contribution is 2.23. The number of halogens is 2. The molecule has 2 rings (SSSR count). The van der Waals surface area contributed by atoms with E-state index >= 15 is 0 Å². The van der Waals surface area contributed by atoms with E-state index in [2.05, 4.69) is 14.8 Å². The maximum atomic E-state index is 12.3. The SMILES string of the molecule is O=C(N=CSN(Cc1ccc(Cl)cc1)C(=O)NCOP(=O)([O-])[O-])c1ccc(Cl)cc1. The molecule has 0 fully saturated rings. The van der Waals surface area contributed by atoms with Gasteiger partial charge < -0.3 is 24.2 Å². The molecule has 0 bridgehead atoms. The van der Waals surface area contributed by atoms with Crippen LogP contribution in [0, 0.1) is 0 Å². The van der Waals surface area contributed by atoms with Crippen LogP contribution in [-0.4, -0.2) is 28.5 Å². The van der Waals surface area contributed by atoms with Crippen LogP contribution < -0.4 is 15.1 Å². The van der Waals surface area contributed by atoms with Crippen LogP contribution in [0.25, 0.3) is 0 Å². The Morgan fingerprint density at radius 2 is 1.67 bits per heavy atom. The first kappa shape index (κ1) is 24.4. The number of phosphoric ester groups is 1. The average molecular weight is 490 g/mol. The summed E-state index contributed by atoms with van der Waals surface area (Å²) >= 11 is 12.4. The average Bonchev–Trinajstić information content (AvgIpc) is 2.68. The number of carbonyl (C=O) groups excluding carboxylic acids is 2. The molecule has 0 radical (unpaired) electrons. The summed E-state index contributed by atoms with van der Waals surface area (Å²) in [4.78, 5) is 49.2. The van der Waals surface area contributed by atoms with E-state index in [0.717, 1.165) is 21.8 Å². The minimum atomic E-state index is -5.23. The molecule has 160 valence electrons. The molecular formula is C17H14Cl2N3O6PS-2. The van der Waals surface area contributed by atoms with Gasteiger partial charge in [0.2, 0.25) is 0 Å². The van der Waals surface area contributed by atoms with Crippen molar-refractivity contribution < 1.29 is 28.5 Å². The van der Waals surface area contributed by atoms with Crippen molar-refractivity contribution in [3.63, 3.8) is 0 Å². The Labute approximate surface area is 186 Å². The summed E-state index contributed by atoms with van der Waals surface area (Å²) < 4.78 is 15.6. The van der Waals surface area contributed by atoms with Crippen molar-refractivity contribution in [3.8, 4) is 0 Å². The van der Waals surface area contributed by atoms with Crippen LogP contribution in [0.3, 0.4) is 0 Å². The monoisotopic (exact) mass is 489 g/mol. The van der Waals surface area contributed by atoms with E-state index in [1.165, 1.54) is 12.1 Å². The molecule has 13 heteroatoms. The van der Waals surface area contributed by atoms with E-state index in [0.29, 0.717) is 21.2 Å². The lowest BCUT2D eigenvalue weighted by Gasteiger charge is -2.29. The number of hydrogen-bond donors (Lipinski definition) is 1. The van der Waals surface area contributed by atoms with Crippen LogP contribution >= 0.6 is 43.0 Å². The van der Waals surface area contributed by atoms with Gasteiger partial charge in [-0.05, 0) is 42.0 Å². The van der Waals surface area contributed by atoms with Crippen molar-refractivity contribution in [1.82, 2.24) is 9.62 Å². The molecule has 0 unspecified atom stereocenters. The van der Waals surface area contributed by atoms with E-state index in [9.17, 15) is 23.9 Å². The topological polar surface area (TPSA) is 134 Å². The van der Waals surface area contributed by atoms with Crippen LogP contribution in [0.1, 0.15) is 15.9 Å². The molecule has 0 aliphatic heterocycles. The number of phosphoric acid groups is 1. The third-order valence-electron chi connectivity index (χ3n) is 3.35. The normalized spacial score (nSPS) is 11.5. The van der Waals surface area contributed by atoms with Crippen molar-refractivity contribution in [2.75, 3.05) is 6.73 Å². The first-order chi connectivity index (χ1) is 14.1. The fraction of sp³-hybridized carbons (Fsp3) is 0.118. The standard InChI is InChI=1S/C17H16Cl2N3O6PS/c18-14-5-1-12(2-6-14)9-22(17(24)20-10-28-29(25,26)27)30-11-21-16(23)13-3-7-15(19)8-4-13/h1-8,11H,9-10H2,(H,20,24)(H2,25,26,27)/p-2. The molecular weight excluding hydrogens is 476 g/mol. The van der Waals surface area contributed by atoms with E-state index in [4.69, 9.17) is 23.2 Å². The zero-order valence-electron chi connectivity index (χ0n) is 15.1. The largest absolute Gasteiger partial charge is 0.790 e. The number of benzene rings is 2. The van der Waals surface area contributed by atoms with Crippen molar-refractivity contribution in [2.24, 2.45) is 4.99 Å². The predicted molar refractivity (Wildman–Crippen MR) is 111 cm³/mol. The van der Waals surface area contributed by atoms with Crippen molar-refractivity contribution in [2.45, 2.75) is 6.54 Å². The zero-order chi connectivity index (χ0) is 22.1. The van der Waals surface area contributed by atoms with E-state index in [-0.39, 0.29) is 6.54 Å². The summed E-state index contributed by atoms with van der Waals surface area (Å²) in [7, 11) is -5.23. The van der Waals surface area contributed by atoms with Gasteiger partial charge in [0.1, 0.15) is 6.73 Å². The number of rotatable bonds is 8. The molecule has 0 aliphatic rings. The Morgan fingerprint density at radius 3 is 2.23 bits per heavy atom. The summed E-state index contributed by atoms with van der Waals surface area (Å²) in [6, 6.07) is 11.9. The smallest absolute Gasteiger partial charge is 0.329 e. The van der Waals surface area contributed by atoms with E-state index in [1.54, 1.807) is 36.4 Å². The predicted octanol–water partition coefficient (Wildman–Crippen LogP) is 2.82. The Balaban J connectivity index is 2.04. The molecule has 30 heavy (non-hydrogen) atoms. The van der Waals surface area contributed by atoms with Crippen LogP contribution in [0.4, 0.5) is 4.79 Å². The molecule has 0 atom stereocenters. The fourth-order valence-electron chi connectivity index (χ4n) is 1.97. The van der Waals surface area contributed by atoms with Crippen molar-refractivity contribution in [1.29, 1.82) is 0 Å². The maximum absolute atomic E-state index is 12.3. The second-order valence-electron chi connectivity index (χ2n) is 5.52. The molecule has 0 saturated heterocycles. The number of hydrogen-bond acceptors (Lipinski definition) is 7. The fourth-order valence-corrected chi connectivity index (χ4v) is 3.08. The van der Waals surface area contributed by atoms with E-state index < -0.39 is 26.5 Å². The van der Waals surface area contributed by atoms with Crippen molar-refractivity contribution in [3.05, 3.63) is 69.7 Å². The number of carbonyl (C=O) groups is 2. The third kappa shape index (κ3) is 8.85. The summed E-state index contributed by atoms with van der Waals surface area (Å²) in [6.45, 7) is -0.775. The van der Waals surface area contributed by atoms with E-state index in [1.807, 2.05) is 0 Å².